The number of nitrogens with one attached hydrogen (secondary N) is 2. The molecule has 0 aliphatic heterocycles. The van der Waals surface area contributed by atoms with Gasteiger partial charge in [-0.05, 0) is 42.7 Å². The van der Waals surface area contributed by atoms with Gasteiger partial charge in [0.05, 0.1) is 11.9 Å². The van der Waals surface area contributed by atoms with Gasteiger partial charge < -0.3 is 15.2 Å². The summed E-state index contributed by atoms with van der Waals surface area (Å²) in [5.74, 6) is -0.146. The fourth-order valence-electron chi connectivity index (χ4n) is 3.64. The van der Waals surface area contributed by atoms with Crippen molar-refractivity contribution in [3.8, 4) is 0 Å². The van der Waals surface area contributed by atoms with Crippen molar-refractivity contribution in [3.63, 3.8) is 0 Å². The van der Waals surface area contributed by atoms with E-state index >= 15 is 0 Å². The van der Waals surface area contributed by atoms with Crippen LogP contribution in [0.4, 0.5) is 5.69 Å². The SMILES string of the molecule is CCN(Cc1ccccc1)c1ccc(C(=O)NCCc2c[nH]c3ccccc23)nc1. The van der Waals surface area contributed by atoms with Crippen LogP contribution < -0.4 is 10.2 Å². The summed E-state index contributed by atoms with van der Waals surface area (Å²) in [5.41, 5.74) is 5.02. The number of pyridine rings is 1. The Hall–Kier alpha value is -3.60. The topological polar surface area (TPSA) is 61.0 Å². The number of carbonyl (C=O) groups is 1. The second-order valence-corrected chi connectivity index (χ2v) is 7.27. The van der Waals surface area contributed by atoms with Crippen LogP contribution in [-0.2, 0) is 13.0 Å². The van der Waals surface area contributed by atoms with Crippen LogP contribution >= 0.6 is 0 Å². The molecule has 5 nitrogen and oxygen atoms in total. The molecule has 0 spiro atoms. The number of amides is 1. The first kappa shape index (κ1) is 19.7. The van der Waals surface area contributed by atoms with E-state index in [0.717, 1.165) is 30.7 Å². The van der Waals surface area contributed by atoms with Crippen molar-refractivity contribution in [1.29, 1.82) is 0 Å². The molecule has 0 saturated carbocycles. The molecule has 0 radical (unpaired) electrons. The Bertz CT molecular complexity index is 1100. The molecule has 2 aromatic heterocycles. The third-order valence-corrected chi connectivity index (χ3v) is 5.30. The first-order valence-corrected chi connectivity index (χ1v) is 10.3. The average Bonchev–Trinajstić information content (AvgIpc) is 3.21. The highest BCUT2D eigenvalue weighted by Gasteiger charge is 2.10. The van der Waals surface area contributed by atoms with Gasteiger partial charge in [-0.3, -0.25) is 4.79 Å². The normalized spacial score (nSPS) is 10.8. The molecule has 4 aromatic rings. The third-order valence-electron chi connectivity index (χ3n) is 5.30. The summed E-state index contributed by atoms with van der Waals surface area (Å²) in [7, 11) is 0. The molecule has 5 heteroatoms. The van der Waals surface area contributed by atoms with Crippen LogP contribution in [0.15, 0.2) is 79.1 Å². The smallest absolute Gasteiger partial charge is 0.269 e. The number of carbonyl (C=O) groups excluding carboxylic acids is 1. The fourth-order valence-corrected chi connectivity index (χ4v) is 3.64. The Balaban J connectivity index is 1.34. The van der Waals surface area contributed by atoms with E-state index in [0.29, 0.717) is 12.2 Å². The molecule has 30 heavy (non-hydrogen) atoms. The molecule has 4 rings (SSSR count). The molecule has 2 N–H and O–H groups in total. The van der Waals surface area contributed by atoms with Crippen LogP contribution in [0.25, 0.3) is 10.9 Å². The van der Waals surface area contributed by atoms with Gasteiger partial charge in [0.1, 0.15) is 5.69 Å². The van der Waals surface area contributed by atoms with Crippen LogP contribution in [0.3, 0.4) is 0 Å². The minimum absolute atomic E-state index is 0.146. The zero-order valence-corrected chi connectivity index (χ0v) is 17.1. The van der Waals surface area contributed by atoms with E-state index in [-0.39, 0.29) is 5.91 Å². The Morgan fingerprint density at radius 3 is 2.60 bits per heavy atom. The first-order valence-electron chi connectivity index (χ1n) is 10.3. The zero-order chi connectivity index (χ0) is 20.8. The van der Waals surface area contributed by atoms with Crippen molar-refractivity contribution < 1.29 is 4.79 Å². The summed E-state index contributed by atoms with van der Waals surface area (Å²) < 4.78 is 0. The van der Waals surface area contributed by atoms with Gasteiger partial charge in [-0.2, -0.15) is 0 Å². The van der Waals surface area contributed by atoms with Crippen LogP contribution in [0.5, 0.6) is 0 Å². The van der Waals surface area contributed by atoms with Crippen LogP contribution in [0, 0.1) is 0 Å². The number of benzene rings is 2. The molecule has 1 amide bonds. The molecule has 0 aliphatic rings. The van der Waals surface area contributed by atoms with Crippen molar-refractivity contribution >= 4 is 22.5 Å². The number of aromatic nitrogens is 2. The predicted molar refractivity (Wildman–Crippen MR) is 122 cm³/mol. The molecule has 152 valence electrons. The van der Waals surface area contributed by atoms with Crippen LogP contribution in [-0.4, -0.2) is 29.0 Å². The van der Waals surface area contributed by atoms with E-state index in [4.69, 9.17) is 0 Å². The molecule has 0 fully saturated rings. The molecule has 0 saturated heterocycles. The fraction of sp³-hybridized carbons (Fsp3) is 0.200. The minimum Gasteiger partial charge on any atom is -0.366 e. The lowest BCUT2D eigenvalue weighted by molar-refractivity contribution is 0.0949. The second kappa shape index (κ2) is 9.27. The van der Waals surface area contributed by atoms with E-state index < -0.39 is 0 Å². The maximum atomic E-state index is 12.5. The molecule has 2 aromatic carbocycles. The molecular weight excluding hydrogens is 372 g/mol. The number of anilines is 1. The maximum Gasteiger partial charge on any atom is 0.269 e. The Morgan fingerprint density at radius 1 is 1.03 bits per heavy atom. The summed E-state index contributed by atoms with van der Waals surface area (Å²) in [4.78, 5) is 22.4. The zero-order valence-electron chi connectivity index (χ0n) is 17.1. The Labute approximate surface area is 176 Å². The molecular formula is C25H26N4O. The van der Waals surface area contributed by atoms with Crippen molar-refractivity contribution in [2.75, 3.05) is 18.0 Å². The number of rotatable bonds is 8. The van der Waals surface area contributed by atoms with Gasteiger partial charge in [-0.15, -0.1) is 0 Å². The predicted octanol–water partition coefficient (Wildman–Crippen LogP) is 4.56. The largest absolute Gasteiger partial charge is 0.366 e. The van der Waals surface area contributed by atoms with Gasteiger partial charge >= 0.3 is 0 Å². The van der Waals surface area contributed by atoms with E-state index in [1.165, 1.54) is 16.5 Å². The lowest BCUT2D eigenvalue weighted by Gasteiger charge is -2.23. The van der Waals surface area contributed by atoms with Gasteiger partial charge in [-0.25, -0.2) is 4.98 Å². The quantitative estimate of drug-likeness (QED) is 0.457. The van der Waals surface area contributed by atoms with E-state index in [1.54, 1.807) is 12.3 Å². The lowest BCUT2D eigenvalue weighted by Crippen LogP contribution is -2.27. The van der Waals surface area contributed by atoms with Crippen molar-refractivity contribution in [2.45, 2.75) is 19.9 Å². The summed E-state index contributed by atoms with van der Waals surface area (Å²) >= 11 is 0. The third kappa shape index (κ3) is 4.51. The van der Waals surface area contributed by atoms with E-state index in [9.17, 15) is 4.79 Å². The summed E-state index contributed by atoms with van der Waals surface area (Å²) in [6, 6.07) is 22.3. The van der Waals surface area contributed by atoms with E-state index in [1.807, 2.05) is 42.6 Å². The van der Waals surface area contributed by atoms with Crippen molar-refractivity contribution in [2.24, 2.45) is 0 Å². The van der Waals surface area contributed by atoms with Crippen molar-refractivity contribution in [1.82, 2.24) is 15.3 Å². The molecule has 0 aliphatic carbocycles. The number of hydrogen-bond donors (Lipinski definition) is 2. The lowest BCUT2D eigenvalue weighted by atomic mass is 10.1. The Kier molecular flexibility index (Phi) is 6.09. The number of nitrogens with zero attached hydrogens (tertiary/aromatic N) is 2. The summed E-state index contributed by atoms with van der Waals surface area (Å²) in [5, 5.41) is 4.18. The molecule has 0 atom stereocenters. The number of H-pyrrole nitrogens is 1. The van der Waals surface area contributed by atoms with Gasteiger partial charge in [0.2, 0.25) is 0 Å². The summed E-state index contributed by atoms with van der Waals surface area (Å²) in [6.07, 6.45) is 4.56. The monoisotopic (exact) mass is 398 g/mol. The van der Waals surface area contributed by atoms with Gasteiger partial charge in [-0.1, -0.05) is 48.5 Å². The highest BCUT2D eigenvalue weighted by Crippen LogP contribution is 2.18. The number of para-hydroxylation sites is 1. The summed E-state index contributed by atoms with van der Waals surface area (Å²) in [6.45, 7) is 4.37. The molecule has 0 unspecified atom stereocenters. The maximum absolute atomic E-state index is 12.5. The van der Waals surface area contributed by atoms with Crippen molar-refractivity contribution in [3.05, 3.63) is 95.9 Å². The Morgan fingerprint density at radius 2 is 1.83 bits per heavy atom. The van der Waals surface area contributed by atoms with Crippen LogP contribution in [0.2, 0.25) is 0 Å². The standard InChI is InChI=1S/C25H26N4O/c1-2-29(18-19-8-4-3-5-9-19)21-12-13-24(28-17-21)25(30)26-15-14-20-16-27-23-11-7-6-10-22(20)23/h3-13,16-17,27H,2,14-15,18H2,1H3,(H,26,30). The minimum atomic E-state index is -0.146. The van der Waals surface area contributed by atoms with Gasteiger partial charge in [0.25, 0.3) is 5.91 Å². The average molecular weight is 399 g/mol. The number of aromatic amines is 1. The highest BCUT2D eigenvalue weighted by molar-refractivity contribution is 5.92. The van der Waals surface area contributed by atoms with Crippen LogP contribution in [0.1, 0.15) is 28.5 Å². The number of fused-ring (bicyclic) bond motifs is 1. The number of hydrogen-bond acceptors (Lipinski definition) is 3. The second-order valence-electron chi connectivity index (χ2n) is 7.27. The highest BCUT2D eigenvalue weighted by atomic mass is 16.1. The first-order chi connectivity index (χ1) is 14.7. The molecule has 2 heterocycles. The molecule has 0 bridgehead atoms. The van der Waals surface area contributed by atoms with Gasteiger partial charge in [0.15, 0.2) is 0 Å². The van der Waals surface area contributed by atoms with E-state index in [2.05, 4.69) is 51.4 Å². The van der Waals surface area contributed by atoms with Gasteiger partial charge in [0, 0.05) is 36.7 Å².